The summed E-state index contributed by atoms with van der Waals surface area (Å²) in [5.41, 5.74) is 3.64. The summed E-state index contributed by atoms with van der Waals surface area (Å²) < 4.78 is 8.53. The van der Waals surface area contributed by atoms with E-state index in [1.54, 1.807) is 0 Å². The third-order valence-corrected chi connectivity index (χ3v) is 5.41. The molecule has 3 nitrogen and oxygen atoms in total. The van der Waals surface area contributed by atoms with Crippen molar-refractivity contribution < 1.29 is 4.74 Å². The maximum atomic E-state index is 6.44. The van der Waals surface area contributed by atoms with E-state index in [9.17, 15) is 0 Å². The SMILES string of the molecule is Cc1nn(CC2CCC3(CCCCC3)O2)c(C)c1CCl. The summed E-state index contributed by atoms with van der Waals surface area (Å²) in [7, 11) is 0. The van der Waals surface area contributed by atoms with Gasteiger partial charge in [0.2, 0.25) is 0 Å². The highest BCUT2D eigenvalue weighted by atomic mass is 35.5. The molecule has 1 aromatic heterocycles. The molecule has 1 saturated carbocycles. The normalized spacial score (nSPS) is 25.4. The number of halogens is 1. The summed E-state index contributed by atoms with van der Waals surface area (Å²) in [6.45, 7) is 5.04. The predicted octanol–water partition coefficient (Wildman–Crippen LogP) is 4.12. The molecular formula is C16H25ClN2O. The molecule has 1 aliphatic carbocycles. The second kappa shape index (κ2) is 5.69. The third kappa shape index (κ3) is 2.62. The van der Waals surface area contributed by atoms with Crippen LogP contribution in [0.2, 0.25) is 0 Å². The maximum Gasteiger partial charge on any atom is 0.0779 e. The topological polar surface area (TPSA) is 27.1 Å². The van der Waals surface area contributed by atoms with Crippen LogP contribution in [-0.4, -0.2) is 21.5 Å². The molecule has 1 aromatic rings. The standard InChI is InChI=1S/C16H25ClN2O/c1-12-15(10-17)13(2)19(18-12)11-14-6-9-16(20-14)7-4-3-5-8-16/h14H,3-11H2,1-2H3. The first-order valence-electron chi connectivity index (χ1n) is 7.90. The van der Waals surface area contributed by atoms with Crippen LogP contribution in [0.4, 0.5) is 0 Å². The molecule has 20 heavy (non-hydrogen) atoms. The summed E-state index contributed by atoms with van der Waals surface area (Å²) in [4.78, 5) is 0. The lowest BCUT2D eigenvalue weighted by atomic mass is 9.83. The summed E-state index contributed by atoms with van der Waals surface area (Å²) >= 11 is 6.00. The number of hydrogen-bond donors (Lipinski definition) is 0. The van der Waals surface area contributed by atoms with Gasteiger partial charge in [-0.2, -0.15) is 5.10 Å². The van der Waals surface area contributed by atoms with Crippen LogP contribution in [0.1, 0.15) is 61.9 Å². The Morgan fingerprint density at radius 1 is 1.25 bits per heavy atom. The van der Waals surface area contributed by atoms with Crippen molar-refractivity contribution in [2.45, 2.75) is 82.9 Å². The molecule has 2 heterocycles. The molecule has 1 spiro atoms. The van der Waals surface area contributed by atoms with E-state index in [-0.39, 0.29) is 5.60 Å². The van der Waals surface area contributed by atoms with Gasteiger partial charge in [0.15, 0.2) is 0 Å². The lowest BCUT2D eigenvalue weighted by Crippen LogP contribution is -2.32. The van der Waals surface area contributed by atoms with Crippen LogP contribution in [0.25, 0.3) is 0 Å². The highest BCUT2D eigenvalue weighted by molar-refractivity contribution is 6.17. The Labute approximate surface area is 126 Å². The predicted molar refractivity (Wildman–Crippen MR) is 81.2 cm³/mol. The van der Waals surface area contributed by atoms with Crippen LogP contribution >= 0.6 is 11.6 Å². The monoisotopic (exact) mass is 296 g/mol. The molecule has 0 N–H and O–H groups in total. The van der Waals surface area contributed by atoms with E-state index in [1.807, 2.05) is 6.92 Å². The smallest absolute Gasteiger partial charge is 0.0779 e. The first-order chi connectivity index (χ1) is 9.63. The minimum atomic E-state index is 0.203. The molecule has 3 rings (SSSR count). The van der Waals surface area contributed by atoms with Gasteiger partial charge in [-0.15, -0.1) is 11.6 Å². The molecule has 2 fully saturated rings. The zero-order valence-electron chi connectivity index (χ0n) is 12.6. The minimum Gasteiger partial charge on any atom is -0.370 e. The fourth-order valence-corrected chi connectivity index (χ4v) is 4.27. The van der Waals surface area contributed by atoms with Crippen LogP contribution < -0.4 is 0 Å². The average molecular weight is 297 g/mol. The fraction of sp³-hybridized carbons (Fsp3) is 0.812. The molecule has 112 valence electrons. The van der Waals surface area contributed by atoms with Crippen molar-refractivity contribution in [3.63, 3.8) is 0 Å². The molecule has 0 amide bonds. The highest BCUT2D eigenvalue weighted by Gasteiger charge is 2.40. The largest absolute Gasteiger partial charge is 0.370 e. The van der Waals surface area contributed by atoms with E-state index in [0.717, 1.165) is 12.2 Å². The molecular weight excluding hydrogens is 272 g/mol. The number of alkyl halides is 1. The van der Waals surface area contributed by atoms with Crippen LogP contribution in [0.15, 0.2) is 0 Å². The minimum absolute atomic E-state index is 0.203. The van der Waals surface area contributed by atoms with Gasteiger partial charge < -0.3 is 4.74 Å². The summed E-state index contributed by atoms with van der Waals surface area (Å²) in [5.74, 6) is 0.549. The van der Waals surface area contributed by atoms with Crippen LogP contribution in [-0.2, 0) is 17.2 Å². The lowest BCUT2D eigenvalue weighted by molar-refractivity contribution is -0.0690. The fourth-order valence-electron chi connectivity index (χ4n) is 3.89. The Hall–Kier alpha value is -0.540. The van der Waals surface area contributed by atoms with E-state index >= 15 is 0 Å². The molecule has 0 radical (unpaired) electrons. The van der Waals surface area contributed by atoms with Gasteiger partial charge in [-0.3, -0.25) is 4.68 Å². The van der Waals surface area contributed by atoms with Crippen molar-refractivity contribution in [3.8, 4) is 0 Å². The number of aromatic nitrogens is 2. The average Bonchev–Trinajstić information content (AvgIpc) is 2.93. The second-order valence-electron chi connectivity index (χ2n) is 6.49. The molecule has 1 aliphatic heterocycles. The number of aryl methyl sites for hydroxylation is 1. The molecule has 0 bridgehead atoms. The van der Waals surface area contributed by atoms with E-state index in [0.29, 0.717) is 12.0 Å². The number of nitrogens with zero attached hydrogens (tertiary/aromatic N) is 2. The first kappa shape index (κ1) is 14.4. The van der Waals surface area contributed by atoms with Crippen molar-refractivity contribution in [2.75, 3.05) is 0 Å². The van der Waals surface area contributed by atoms with Crippen molar-refractivity contribution in [3.05, 3.63) is 17.0 Å². The molecule has 1 unspecified atom stereocenters. The molecule has 0 aromatic carbocycles. The second-order valence-corrected chi connectivity index (χ2v) is 6.75. The van der Waals surface area contributed by atoms with Gasteiger partial charge in [-0.05, 0) is 39.5 Å². The van der Waals surface area contributed by atoms with E-state index in [1.165, 1.54) is 56.2 Å². The quantitative estimate of drug-likeness (QED) is 0.785. The van der Waals surface area contributed by atoms with Gasteiger partial charge >= 0.3 is 0 Å². The molecule has 4 heteroatoms. The van der Waals surface area contributed by atoms with E-state index in [2.05, 4.69) is 16.7 Å². The Morgan fingerprint density at radius 2 is 2.00 bits per heavy atom. The summed E-state index contributed by atoms with van der Waals surface area (Å²) in [5, 5.41) is 4.63. The summed E-state index contributed by atoms with van der Waals surface area (Å²) in [6, 6.07) is 0. The Morgan fingerprint density at radius 3 is 2.65 bits per heavy atom. The highest BCUT2D eigenvalue weighted by Crippen LogP contribution is 2.42. The van der Waals surface area contributed by atoms with Gasteiger partial charge in [-0.25, -0.2) is 0 Å². The summed E-state index contributed by atoms with van der Waals surface area (Å²) in [6.07, 6.45) is 9.31. The lowest BCUT2D eigenvalue weighted by Gasteiger charge is -2.33. The zero-order chi connectivity index (χ0) is 14.2. The van der Waals surface area contributed by atoms with Crippen molar-refractivity contribution in [1.82, 2.24) is 9.78 Å². The van der Waals surface area contributed by atoms with Crippen LogP contribution in [0.3, 0.4) is 0 Å². The van der Waals surface area contributed by atoms with Gasteiger partial charge in [-0.1, -0.05) is 19.3 Å². The Balaban J connectivity index is 1.67. The number of rotatable bonds is 3. The van der Waals surface area contributed by atoms with Crippen molar-refractivity contribution in [2.24, 2.45) is 0 Å². The van der Waals surface area contributed by atoms with Gasteiger partial charge in [0, 0.05) is 11.3 Å². The van der Waals surface area contributed by atoms with Crippen molar-refractivity contribution in [1.29, 1.82) is 0 Å². The van der Waals surface area contributed by atoms with Gasteiger partial charge in [0.1, 0.15) is 0 Å². The van der Waals surface area contributed by atoms with Crippen molar-refractivity contribution >= 4 is 11.6 Å². The number of hydrogen-bond acceptors (Lipinski definition) is 2. The zero-order valence-corrected chi connectivity index (χ0v) is 13.4. The van der Waals surface area contributed by atoms with E-state index < -0.39 is 0 Å². The number of ether oxygens (including phenoxy) is 1. The van der Waals surface area contributed by atoms with Crippen LogP contribution in [0.5, 0.6) is 0 Å². The van der Waals surface area contributed by atoms with Gasteiger partial charge in [0.05, 0.1) is 29.8 Å². The van der Waals surface area contributed by atoms with E-state index in [4.69, 9.17) is 16.3 Å². The maximum absolute atomic E-state index is 6.44. The third-order valence-electron chi connectivity index (χ3n) is 5.14. The van der Waals surface area contributed by atoms with Crippen LogP contribution in [0, 0.1) is 13.8 Å². The first-order valence-corrected chi connectivity index (χ1v) is 8.44. The molecule has 2 aliphatic rings. The van der Waals surface area contributed by atoms with Gasteiger partial charge in [0.25, 0.3) is 0 Å². The Bertz CT molecular complexity index is 477. The molecule has 1 saturated heterocycles. The molecule has 1 atom stereocenters. The Kier molecular flexibility index (Phi) is 4.09.